The fraction of sp³-hybridized carbons (Fsp3) is 0.222. The maximum atomic E-state index is 11.3. The number of hydrogen-bond acceptors (Lipinski definition) is 5. The zero-order chi connectivity index (χ0) is 17.6. The number of primary amides is 1. The Balaban J connectivity index is 1.63. The minimum absolute atomic E-state index is 0.423. The second-order valence-corrected chi connectivity index (χ2v) is 5.74. The van der Waals surface area contributed by atoms with Crippen molar-refractivity contribution in [2.45, 2.75) is 13.0 Å². The van der Waals surface area contributed by atoms with Crippen LogP contribution in [0.2, 0.25) is 0 Å². The Morgan fingerprint density at radius 2 is 2.08 bits per heavy atom. The lowest BCUT2D eigenvalue weighted by atomic mass is 10.1. The molecular weight excluding hydrogens is 316 g/mol. The van der Waals surface area contributed by atoms with E-state index in [1.807, 2.05) is 42.3 Å². The van der Waals surface area contributed by atoms with Gasteiger partial charge in [0.15, 0.2) is 0 Å². The Labute approximate surface area is 146 Å². The Morgan fingerprint density at radius 3 is 2.76 bits per heavy atom. The first-order valence-corrected chi connectivity index (χ1v) is 8.04. The molecule has 3 aromatic heterocycles. The number of aromatic nitrogens is 4. The van der Waals surface area contributed by atoms with E-state index in [4.69, 9.17) is 5.73 Å². The molecule has 128 valence electrons. The van der Waals surface area contributed by atoms with Gasteiger partial charge in [0.1, 0.15) is 0 Å². The minimum Gasteiger partial charge on any atom is -0.373 e. The second-order valence-electron chi connectivity index (χ2n) is 5.74. The van der Waals surface area contributed by atoms with Gasteiger partial charge in [-0.1, -0.05) is 0 Å². The molecule has 3 rings (SSSR count). The molecule has 0 spiro atoms. The number of carbonyl (C=O) groups is 1. The van der Waals surface area contributed by atoms with Gasteiger partial charge in [-0.2, -0.15) is 5.10 Å². The van der Waals surface area contributed by atoms with Gasteiger partial charge in [-0.3, -0.25) is 19.4 Å². The van der Waals surface area contributed by atoms with Crippen LogP contribution in [0.1, 0.15) is 16.8 Å². The summed E-state index contributed by atoms with van der Waals surface area (Å²) in [5, 5.41) is 4.20. The molecule has 0 bridgehead atoms. The first-order valence-electron chi connectivity index (χ1n) is 8.04. The summed E-state index contributed by atoms with van der Waals surface area (Å²) in [6, 6.07) is 9.06. The van der Waals surface area contributed by atoms with Crippen LogP contribution in [0.4, 0.5) is 5.69 Å². The Kier molecular flexibility index (Phi) is 5.03. The fourth-order valence-corrected chi connectivity index (χ4v) is 2.52. The summed E-state index contributed by atoms with van der Waals surface area (Å²) in [7, 11) is 2.03. The van der Waals surface area contributed by atoms with Gasteiger partial charge in [0.05, 0.1) is 23.3 Å². The highest BCUT2D eigenvalue weighted by Crippen LogP contribution is 2.19. The summed E-state index contributed by atoms with van der Waals surface area (Å²) in [4.78, 5) is 22.1. The molecule has 0 fully saturated rings. The molecule has 7 heteroatoms. The summed E-state index contributed by atoms with van der Waals surface area (Å²) in [5.41, 5.74) is 8.09. The van der Waals surface area contributed by atoms with Gasteiger partial charge >= 0.3 is 0 Å². The van der Waals surface area contributed by atoms with E-state index in [0.29, 0.717) is 17.0 Å². The van der Waals surface area contributed by atoms with Crippen molar-refractivity contribution in [2.75, 3.05) is 18.5 Å². The molecule has 0 aliphatic heterocycles. The van der Waals surface area contributed by atoms with E-state index in [-0.39, 0.29) is 0 Å². The van der Waals surface area contributed by atoms with Crippen molar-refractivity contribution >= 4 is 11.6 Å². The van der Waals surface area contributed by atoms with Crippen LogP contribution in [0, 0.1) is 0 Å². The summed E-state index contributed by atoms with van der Waals surface area (Å²) in [6.45, 7) is 1.78. The Morgan fingerprint density at radius 1 is 1.20 bits per heavy atom. The highest BCUT2D eigenvalue weighted by Gasteiger charge is 2.07. The monoisotopic (exact) mass is 336 g/mol. The third kappa shape index (κ3) is 4.20. The highest BCUT2D eigenvalue weighted by molar-refractivity contribution is 5.93. The molecule has 25 heavy (non-hydrogen) atoms. The van der Waals surface area contributed by atoms with Crippen molar-refractivity contribution in [3.8, 4) is 11.4 Å². The van der Waals surface area contributed by atoms with Crippen LogP contribution in [0.5, 0.6) is 0 Å². The number of anilines is 1. The normalized spacial score (nSPS) is 10.6. The number of rotatable bonds is 7. The lowest BCUT2D eigenvalue weighted by molar-refractivity contribution is 0.1000. The van der Waals surface area contributed by atoms with Gasteiger partial charge in [-0.05, 0) is 36.8 Å². The van der Waals surface area contributed by atoms with Crippen molar-refractivity contribution in [1.82, 2.24) is 19.7 Å². The molecule has 0 atom stereocenters. The van der Waals surface area contributed by atoms with E-state index in [1.165, 1.54) is 0 Å². The largest absolute Gasteiger partial charge is 0.373 e. The molecule has 1 amide bonds. The van der Waals surface area contributed by atoms with Crippen molar-refractivity contribution in [3.05, 3.63) is 60.7 Å². The highest BCUT2D eigenvalue weighted by atomic mass is 16.1. The molecule has 2 N–H and O–H groups in total. The van der Waals surface area contributed by atoms with Gasteiger partial charge in [0.2, 0.25) is 5.91 Å². The van der Waals surface area contributed by atoms with Crippen LogP contribution in [0.25, 0.3) is 11.4 Å². The van der Waals surface area contributed by atoms with Crippen LogP contribution in [0.3, 0.4) is 0 Å². The third-order valence-corrected chi connectivity index (χ3v) is 3.94. The van der Waals surface area contributed by atoms with E-state index in [1.54, 1.807) is 24.5 Å². The van der Waals surface area contributed by atoms with Gasteiger partial charge in [0.25, 0.3) is 0 Å². The zero-order valence-electron chi connectivity index (χ0n) is 14.0. The predicted molar refractivity (Wildman–Crippen MR) is 96.1 cm³/mol. The van der Waals surface area contributed by atoms with Crippen molar-refractivity contribution in [3.63, 3.8) is 0 Å². The van der Waals surface area contributed by atoms with Crippen LogP contribution in [-0.2, 0) is 6.54 Å². The van der Waals surface area contributed by atoms with Crippen molar-refractivity contribution in [2.24, 2.45) is 5.73 Å². The quantitative estimate of drug-likeness (QED) is 0.712. The molecule has 0 saturated heterocycles. The van der Waals surface area contributed by atoms with Gasteiger partial charge in [-0.15, -0.1) is 0 Å². The van der Waals surface area contributed by atoms with Gasteiger partial charge in [-0.25, -0.2) is 0 Å². The predicted octanol–water partition coefficient (Wildman–Crippen LogP) is 1.97. The average molecular weight is 336 g/mol. The first-order chi connectivity index (χ1) is 12.1. The lowest BCUT2D eigenvalue weighted by Gasteiger charge is -2.19. The maximum absolute atomic E-state index is 11.3. The minimum atomic E-state index is -0.475. The molecular formula is C18H20N6O. The molecule has 0 radical (unpaired) electrons. The molecule has 0 saturated carbocycles. The number of nitrogens with zero attached hydrogens (tertiary/aromatic N) is 5. The van der Waals surface area contributed by atoms with Crippen LogP contribution >= 0.6 is 0 Å². The summed E-state index contributed by atoms with van der Waals surface area (Å²) >= 11 is 0. The van der Waals surface area contributed by atoms with E-state index < -0.39 is 5.91 Å². The topological polar surface area (TPSA) is 89.9 Å². The summed E-state index contributed by atoms with van der Waals surface area (Å²) in [5.74, 6) is -0.475. The Bertz CT molecular complexity index is 829. The lowest BCUT2D eigenvalue weighted by Crippen LogP contribution is -2.20. The number of pyridine rings is 2. The summed E-state index contributed by atoms with van der Waals surface area (Å²) < 4.78 is 1.92. The van der Waals surface area contributed by atoms with E-state index in [9.17, 15) is 4.79 Å². The molecule has 0 unspecified atom stereocenters. The smallest absolute Gasteiger partial charge is 0.248 e. The molecule has 0 aliphatic carbocycles. The Hall–Kier alpha value is -3.22. The van der Waals surface area contributed by atoms with Gasteiger partial charge in [0, 0.05) is 44.3 Å². The fourth-order valence-electron chi connectivity index (χ4n) is 2.52. The van der Waals surface area contributed by atoms with Gasteiger partial charge < -0.3 is 10.6 Å². The standard InChI is InChI=1S/C18H20N6O/c1-23(9-3-11-24-10-2-7-22-24)15-4-5-16(21-13-15)17-12-14(18(19)25)6-8-20-17/h2,4-8,10,12-13H,3,9,11H2,1H3,(H2,19,25). The SMILES string of the molecule is CN(CCCn1cccn1)c1ccc(-c2cc(C(N)=O)ccn2)nc1. The zero-order valence-corrected chi connectivity index (χ0v) is 14.0. The molecule has 3 heterocycles. The molecule has 3 aromatic rings. The first kappa shape index (κ1) is 16.6. The van der Waals surface area contributed by atoms with Crippen LogP contribution in [-0.4, -0.2) is 39.2 Å². The average Bonchev–Trinajstić information content (AvgIpc) is 3.15. The van der Waals surface area contributed by atoms with E-state index in [0.717, 1.165) is 25.2 Å². The molecule has 7 nitrogen and oxygen atoms in total. The second kappa shape index (κ2) is 7.57. The van der Waals surface area contributed by atoms with Crippen molar-refractivity contribution in [1.29, 1.82) is 0 Å². The van der Waals surface area contributed by atoms with Crippen LogP contribution < -0.4 is 10.6 Å². The number of carbonyl (C=O) groups excluding carboxylic acids is 1. The van der Waals surface area contributed by atoms with E-state index in [2.05, 4.69) is 20.0 Å². The van der Waals surface area contributed by atoms with Crippen molar-refractivity contribution < 1.29 is 4.79 Å². The van der Waals surface area contributed by atoms with Crippen LogP contribution in [0.15, 0.2) is 55.1 Å². The number of nitrogens with two attached hydrogens (primary N) is 1. The summed E-state index contributed by atoms with van der Waals surface area (Å²) in [6.07, 6.45) is 8.10. The van der Waals surface area contributed by atoms with E-state index >= 15 is 0 Å². The maximum Gasteiger partial charge on any atom is 0.248 e. The number of aryl methyl sites for hydroxylation is 1. The number of hydrogen-bond donors (Lipinski definition) is 1. The molecule has 0 aliphatic rings. The number of amides is 1. The third-order valence-electron chi connectivity index (χ3n) is 3.94. The molecule has 0 aromatic carbocycles.